The van der Waals surface area contributed by atoms with E-state index in [2.05, 4.69) is 20.4 Å². The molecule has 1 saturated heterocycles. The van der Waals surface area contributed by atoms with Crippen LogP contribution < -0.4 is 14.8 Å². The number of benzene rings is 1. The van der Waals surface area contributed by atoms with E-state index in [0.717, 1.165) is 16.6 Å². The quantitative estimate of drug-likeness (QED) is 0.356. The van der Waals surface area contributed by atoms with E-state index in [-0.39, 0.29) is 6.61 Å². The van der Waals surface area contributed by atoms with Gasteiger partial charge in [0.1, 0.15) is 41.6 Å². The number of nitrogens with one attached hydrogen (secondary N) is 1. The number of ether oxygens (including phenoxy) is 3. The number of anilines is 1. The summed E-state index contributed by atoms with van der Waals surface area (Å²) >= 11 is 0. The fraction of sp³-hybridized carbons (Fsp3) is 0.348. The van der Waals surface area contributed by atoms with Crippen molar-refractivity contribution >= 4 is 16.9 Å². The van der Waals surface area contributed by atoms with Crippen LogP contribution in [-0.4, -0.2) is 67.6 Å². The number of methoxy groups -OCH3 is 2. The maximum absolute atomic E-state index is 10.3. The number of aliphatic hydroxyl groups excluding tert-OH is 2. The molecule has 11 nitrogen and oxygen atoms in total. The first-order valence-corrected chi connectivity index (χ1v) is 10.9. The molecule has 0 radical (unpaired) electrons. The molecule has 0 saturated carbocycles. The highest BCUT2D eigenvalue weighted by Crippen LogP contribution is 2.36. The number of nitrogens with zero attached hydrogens (tertiary/aromatic N) is 5. The van der Waals surface area contributed by atoms with Crippen molar-refractivity contribution in [3.8, 4) is 17.2 Å². The Labute approximate surface area is 195 Å². The summed E-state index contributed by atoms with van der Waals surface area (Å²) in [5, 5.41) is 28.3. The fourth-order valence-electron chi connectivity index (χ4n) is 4.23. The number of hydrogen-bond acceptors (Lipinski definition) is 9. The van der Waals surface area contributed by atoms with Gasteiger partial charge in [0.25, 0.3) is 0 Å². The van der Waals surface area contributed by atoms with Crippen molar-refractivity contribution in [2.24, 2.45) is 0 Å². The van der Waals surface area contributed by atoms with Gasteiger partial charge in [-0.05, 0) is 18.2 Å². The predicted molar refractivity (Wildman–Crippen MR) is 123 cm³/mol. The lowest BCUT2D eigenvalue weighted by Crippen LogP contribution is -2.24. The van der Waals surface area contributed by atoms with Gasteiger partial charge in [-0.1, -0.05) is 0 Å². The molecule has 34 heavy (non-hydrogen) atoms. The zero-order chi connectivity index (χ0) is 23.7. The van der Waals surface area contributed by atoms with Crippen molar-refractivity contribution in [2.75, 3.05) is 26.1 Å². The van der Waals surface area contributed by atoms with Crippen molar-refractivity contribution in [1.29, 1.82) is 0 Å². The van der Waals surface area contributed by atoms with E-state index >= 15 is 0 Å². The van der Waals surface area contributed by atoms with Crippen LogP contribution in [0, 0.1) is 0 Å². The molecule has 0 bridgehead atoms. The average Bonchev–Trinajstić information content (AvgIpc) is 3.61. The predicted octanol–water partition coefficient (Wildman–Crippen LogP) is 1.89. The maximum Gasteiger partial charge on any atom is 0.149 e. The molecule has 0 spiro atoms. The summed E-state index contributed by atoms with van der Waals surface area (Å²) in [7, 11) is 3.23. The highest BCUT2D eigenvalue weighted by atomic mass is 16.5. The van der Waals surface area contributed by atoms with Crippen LogP contribution in [0.5, 0.6) is 11.5 Å². The van der Waals surface area contributed by atoms with Crippen molar-refractivity contribution in [3.63, 3.8) is 0 Å². The van der Waals surface area contributed by atoms with Crippen LogP contribution in [-0.2, 0) is 11.3 Å². The molecule has 5 rings (SSSR count). The van der Waals surface area contributed by atoms with Gasteiger partial charge < -0.3 is 34.3 Å². The molecule has 3 atom stereocenters. The molecule has 3 N–H and O–H groups in total. The number of aromatic nitrogens is 5. The van der Waals surface area contributed by atoms with Crippen molar-refractivity contribution in [2.45, 2.75) is 31.4 Å². The van der Waals surface area contributed by atoms with Crippen LogP contribution in [0.1, 0.15) is 18.2 Å². The van der Waals surface area contributed by atoms with Crippen LogP contribution in [0.4, 0.5) is 5.82 Å². The van der Waals surface area contributed by atoms with Gasteiger partial charge in [0.2, 0.25) is 0 Å². The first kappa shape index (κ1) is 22.1. The van der Waals surface area contributed by atoms with Crippen LogP contribution >= 0.6 is 0 Å². The summed E-state index contributed by atoms with van der Waals surface area (Å²) in [6, 6.07) is 7.48. The average molecular weight is 466 g/mol. The molecule has 1 aliphatic heterocycles. The highest BCUT2D eigenvalue weighted by molar-refractivity contribution is 5.95. The number of fused-ring (bicyclic) bond motifs is 1. The molecular formula is C23H26N6O5. The molecule has 0 unspecified atom stereocenters. The van der Waals surface area contributed by atoms with Gasteiger partial charge in [0.15, 0.2) is 0 Å². The van der Waals surface area contributed by atoms with Crippen molar-refractivity contribution in [1.82, 2.24) is 24.3 Å². The van der Waals surface area contributed by atoms with E-state index in [4.69, 9.17) is 14.2 Å². The normalized spacial score (nSPS) is 20.1. The van der Waals surface area contributed by atoms with E-state index < -0.39 is 18.4 Å². The monoisotopic (exact) mass is 466 g/mol. The second-order valence-electron chi connectivity index (χ2n) is 7.94. The van der Waals surface area contributed by atoms with E-state index in [0.29, 0.717) is 35.9 Å². The van der Waals surface area contributed by atoms with E-state index in [1.165, 1.54) is 6.33 Å². The van der Waals surface area contributed by atoms with Crippen LogP contribution in [0.15, 0.2) is 49.2 Å². The minimum atomic E-state index is -0.762. The maximum atomic E-state index is 10.3. The third-order valence-corrected chi connectivity index (χ3v) is 5.98. The second kappa shape index (κ2) is 9.29. The molecule has 1 aliphatic rings. The molecule has 4 heterocycles. The largest absolute Gasteiger partial charge is 0.497 e. The third kappa shape index (κ3) is 3.94. The molecule has 178 valence electrons. The second-order valence-corrected chi connectivity index (χ2v) is 7.94. The number of aliphatic hydroxyl groups is 2. The van der Waals surface area contributed by atoms with Crippen molar-refractivity contribution < 1.29 is 24.4 Å². The number of hydrogen-bond donors (Lipinski definition) is 3. The Kier molecular flexibility index (Phi) is 6.05. The summed E-state index contributed by atoms with van der Waals surface area (Å²) in [5.74, 6) is 2.03. The summed E-state index contributed by atoms with van der Waals surface area (Å²) < 4.78 is 20.3. The van der Waals surface area contributed by atoms with Gasteiger partial charge in [-0.3, -0.25) is 0 Å². The Balaban J connectivity index is 1.54. The van der Waals surface area contributed by atoms with Gasteiger partial charge in [-0.15, -0.1) is 0 Å². The van der Waals surface area contributed by atoms with Crippen LogP contribution in [0.25, 0.3) is 16.7 Å². The molecule has 1 aromatic carbocycles. The summed E-state index contributed by atoms with van der Waals surface area (Å²) in [6.07, 6.45) is 5.34. The van der Waals surface area contributed by atoms with Crippen LogP contribution in [0.2, 0.25) is 0 Å². The Hall–Kier alpha value is -3.67. The lowest BCUT2D eigenvalue weighted by molar-refractivity contribution is -0.0430. The third-order valence-electron chi connectivity index (χ3n) is 5.98. The van der Waals surface area contributed by atoms with Gasteiger partial charge in [-0.2, -0.15) is 5.10 Å². The minimum absolute atomic E-state index is 0.256. The number of rotatable bonds is 8. The van der Waals surface area contributed by atoms with Crippen molar-refractivity contribution in [3.05, 3.63) is 54.7 Å². The highest BCUT2D eigenvalue weighted by Gasteiger charge is 2.36. The summed E-state index contributed by atoms with van der Waals surface area (Å²) in [6.45, 7) is 0.197. The smallest absolute Gasteiger partial charge is 0.149 e. The zero-order valence-electron chi connectivity index (χ0n) is 18.8. The molecule has 3 aromatic heterocycles. The van der Waals surface area contributed by atoms with Crippen LogP contribution in [0.3, 0.4) is 0 Å². The van der Waals surface area contributed by atoms with E-state index in [1.807, 2.05) is 41.2 Å². The summed E-state index contributed by atoms with van der Waals surface area (Å²) in [4.78, 5) is 9.00. The van der Waals surface area contributed by atoms with Gasteiger partial charge in [0.05, 0.1) is 38.0 Å². The SMILES string of the molecule is COc1ccc(CNc2ncnc3c2c(-n2cccn2)cn3[C@H]2C[C@H](O)[C@@H](CO)O2)c(OC)c1. The Morgan fingerprint density at radius 1 is 1.24 bits per heavy atom. The fourth-order valence-corrected chi connectivity index (χ4v) is 4.23. The molecule has 1 fully saturated rings. The molecular weight excluding hydrogens is 440 g/mol. The molecule has 0 aliphatic carbocycles. The standard InChI is InChI=1S/C23H26N6O5/c1-32-15-5-4-14(18(8-15)33-2)10-24-22-21-16(29-7-3-6-27-29)11-28(23(21)26-13-25-22)20-9-17(31)19(12-30)34-20/h3-8,11,13,17,19-20,30-31H,9-10,12H2,1-2H3,(H,24,25,26)/t17-,19+,20+/m0/s1. The Morgan fingerprint density at radius 2 is 2.12 bits per heavy atom. The lowest BCUT2D eigenvalue weighted by atomic mass is 10.2. The van der Waals surface area contributed by atoms with E-state index in [9.17, 15) is 10.2 Å². The first-order chi connectivity index (χ1) is 16.6. The van der Waals surface area contributed by atoms with E-state index in [1.54, 1.807) is 25.1 Å². The molecule has 11 heteroatoms. The van der Waals surface area contributed by atoms with Gasteiger partial charge >= 0.3 is 0 Å². The zero-order valence-corrected chi connectivity index (χ0v) is 18.8. The lowest BCUT2D eigenvalue weighted by Gasteiger charge is -2.15. The Bertz CT molecular complexity index is 1270. The Morgan fingerprint density at radius 3 is 2.82 bits per heavy atom. The van der Waals surface area contributed by atoms with Gasteiger partial charge in [-0.25, -0.2) is 14.6 Å². The molecule has 4 aromatic rings. The first-order valence-electron chi connectivity index (χ1n) is 10.9. The molecule has 0 amide bonds. The topological polar surface area (TPSA) is 129 Å². The minimum Gasteiger partial charge on any atom is -0.497 e. The van der Waals surface area contributed by atoms with Gasteiger partial charge in [0, 0.05) is 43.2 Å². The summed E-state index contributed by atoms with van der Waals surface area (Å²) in [5.41, 5.74) is 2.32.